The average Bonchev–Trinajstić information content (AvgIpc) is 2.91. The molecule has 2 aromatic carbocycles. The molecular weight excluding hydrogens is 310 g/mol. The summed E-state index contributed by atoms with van der Waals surface area (Å²) in [4.78, 5) is 2.15. The Morgan fingerprint density at radius 2 is 1.96 bits per heavy atom. The van der Waals surface area contributed by atoms with Gasteiger partial charge in [-0.05, 0) is 31.3 Å². The van der Waals surface area contributed by atoms with Gasteiger partial charge in [0.2, 0.25) is 0 Å². The topological polar surface area (TPSA) is 46.6 Å². The Kier molecular flexibility index (Phi) is 4.87. The summed E-state index contributed by atoms with van der Waals surface area (Å²) < 4.78 is 29.0. The Bertz CT molecular complexity index is 767. The number of hydrogen-bond donors (Lipinski definition) is 0. The second-order valence-corrected chi connectivity index (χ2v) is 8.45. The molecule has 0 bridgehead atoms. The second-order valence-electron chi connectivity index (χ2n) is 6.22. The number of sulfone groups is 1. The van der Waals surface area contributed by atoms with E-state index in [2.05, 4.69) is 23.1 Å². The van der Waals surface area contributed by atoms with Gasteiger partial charge in [-0.1, -0.05) is 36.4 Å². The monoisotopic (exact) mass is 333 g/mol. The zero-order valence-electron chi connectivity index (χ0n) is 13.4. The Morgan fingerprint density at radius 3 is 2.74 bits per heavy atom. The van der Waals surface area contributed by atoms with Crippen molar-refractivity contribution >= 4 is 20.6 Å². The molecular formula is C18H23NO3S. The first-order valence-electron chi connectivity index (χ1n) is 8.06. The van der Waals surface area contributed by atoms with Crippen LogP contribution in [0.2, 0.25) is 0 Å². The molecule has 1 saturated heterocycles. The van der Waals surface area contributed by atoms with Crippen LogP contribution in [0.15, 0.2) is 42.5 Å². The first-order valence-corrected chi connectivity index (χ1v) is 9.88. The molecule has 23 heavy (non-hydrogen) atoms. The molecule has 4 nitrogen and oxygen atoms in total. The quantitative estimate of drug-likeness (QED) is 0.763. The van der Waals surface area contributed by atoms with E-state index in [1.165, 1.54) is 5.39 Å². The van der Waals surface area contributed by atoms with Gasteiger partial charge in [-0.15, -0.1) is 0 Å². The van der Waals surface area contributed by atoms with E-state index in [0.29, 0.717) is 18.1 Å². The zero-order chi connectivity index (χ0) is 16.3. The summed E-state index contributed by atoms with van der Waals surface area (Å²) in [7, 11) is -0.808. The van der Waals surface area contributed by atoms with Crippen LogP contribution < -0.4 is 4.74 Å². The van der Waals surface area contributed by atoms with Crippen molar-refractivity contribution < 1.29 is 13.2 Å². The van der Waals surface area contributed by atoms with Gasteiger partial charge in [-0.3, -0.25) is 0 Å². The van der Waals surface area contributed by atoms with E-state index in [4.69, 9.17) is 4.74 Å². The maximum absolute atomic E-state index is 11.5. The highest BCUT2D eigenvalue weighted by molar-refractivity contribution is 7.91. The van der Waals surface area contributed by atoms with Crippen LogP contribution in [0.3, 0.4) is 0 Å². The summed E-state index contributed by atoms with van der Waals surface area (Å²) in [6, 6.07) is 14.4. The third-order valence-corrected chi connectivity index (χ3v) is 6.24. The SMILES string of the molecule is CN(CCCOc1cccc2ccccc12)[C@@H]1CCS(=O)(=O)C1. The summed E-state index contributed by atoms with van der Waals surface area (Å²) >= 11 is 0. The number of fused-ring (bicyclic) bond motifs is 1. The Hall–Kier alpha value is -1.59. The molecule has 2 aromatic rings. The highest BCUT2D eigenvalue weighted by Gasteiger charge is 2.30. The van der Waals surface area contributed by atoms with E-state index in [1.807, 2.05) is 31.3 Å². The molecule has 0 aliphatic carbocycles. The summed E-state index contributed by atoms with van der Waals surface area (Å²) in [6.45, 7) is 1.49. The van der Waals surface area contributed by atoms with E-state index < -0.39 is 9.84 Å². The van der Waals surface area contributed by atoms with E-state index in [9.17, 15) is 8.42 Å². The first-order chi connectivity index (χ1) is 11.1. The lowest BCUT2D eigenvalue weighted by Gasteiger charge is -2.22. The van der Waals surface area contributed by atoms with Crippen LogP contribution in [-0.2, 0) is 9.84 Å². The maximum atomic E-state index is 11.5. The smallest absolute Gasteiger partial charge is 0.151 e. The van der Waals surface area contributed by atoms with Gasteiger partial charge in [0.05, 0.1) is 18.1 Å². The second kappa shape index (κ2) is 6.89. The van der Waals surface area contributed by atoms with Crippen LogP contribution in [0.1, 0.15) is 12.8 Å². The summed E-state index contributed by atoms with van der Waals surface area (Å²) in [5.74, 6) is 1.54. The van der Waals surface area contributed by atoms with Crippen molar-refractivity contribution in [3.8, 4) is 5.75 Å². The Morgan fingerprint density at radius 1 is 1.17 bits per heavy atom. The van der Waals surface area contributed by atoms with Crippen molar-refractivity contribution in [1.29, 1.82) is 0 Å². The van der Waals surface area contributed by atoms with Crippen LogP contribution >= 0.6 is 0 Å². The molecule has 1 heterocycles. The van der Waals surface area contributed by atoms with Gasteiger partial charge < -0.3 is 9.64 Å². The molecule has 1 fully saturated rings. The summed E-state index contributed by atoms with van der Waals surface area (Å²) in [5.41, 5.74) is 0. The van der Waals surface area contributed by atoms with Crippen molar-refractivity contribution in [3.05, 3.63) is 42.5 Å². The van der Waals surface area contributed by atoms with Crippen LogP contribution in [0.4, 0.5) is 0 Å². The van der Waals surface area contributed by atoms with Gasteiger partial charge in [0.1, 0.15) is 5.75 Å². The molecule has 0 radical (unpaired) electrons. The first kappa shape index (κ1) is 16.3. The van der Waals surface area contributed by atoms with E-state index in [0.717, 1.165) is 30.5 Å². The van der Waals surface area contributed by atoms with Gasteiger partial charge >= 0.3 is 0 Å². The standard InChI is InChI=1S/C18H23NO3S/c1-19(16-10-13-23(20,21)14-16)11-5-12-22-18-9-4-7-15-6-2-3-8-17(15)18/h2-4,6-9,16H,5,10-14H2,1H3/t16-/m1/s1. The lowest BCUT2D eigenvalue weighted by atomic mass is 10.1. The van der Waals surface area contributed by atoms with Crippen molar-refractivity contribution in [2.24, 2.45) is 0 Å². The minimum atomic E-state index is -2.81. The number of rotatable bonds is 6. The number of nitrogens with zero attached hydrogens (tertiary/aromatic N) is 1. The fourth-order valence-electron chi connectivity index (χ4n) is 3.12. The van der Waals surface area contributed by atoms with Gasteiger partial charge in [-0.2, -0.15) is 0 Å². The molecule has 124 valence electrons. The Balaban J connectivity index is 1.50. The fourth-order valence-corrected chi connectivity index (χ4v) is 4.93. The molecule has 1 aliphatic rings. The molecule has 0 amide bonds. The number of hydrogen-bond acceptors (Lipinski definition) is 4. The van der Waals surface area contributed by atoms with Crippen molar-refractivity contribution in [3.63, 3.8) is 0 Å². The number of ether oxygens (including phenoxy) is 1. The molecule has 5 heteroatoms. The highest BCUT2D eigenvalue weighted by Crippen LogP contribution is 2.25. The van der Waals surface area contributed by atoms with Gasteiger partial charge in [0.15, 0.2) is 9.84 Å². The van der Waals surface area contributed by atoms with Crippen molar-refractivity contribution in [1.82, 2.24) is 4.90 Å². The van der Waals surface area contributed by atoms with E-state index in [1.54, 1.807) is 0 Å². The largest absolute Gasteiger partial charge is 0.493 e. The van der Waals surface area contributed by atoms with E-state index >= 15 is 0 Å². The Labute approximate surface area is 138 Å². The lowest BCUT2D eigenvalue weighted by Crippen LogP contribution is -2.34. The maximum Gasteiger partial charge on any atom is 0.151 e. The molecule has 0 unspecified atom stereocenters. The van der Waals surface area contributed by atoms with Crippen molar-refractivity contribution in [2.75, 3.05) is 31.7 Å². The predicted octanol–water partition coefficient (Wildman–Crippen LogP) is 2.73. The molecule has 0 saturated carbocycles. The zero-order valence-corrected chi connectivity index (χ0v) is 14.3. The molecule has 1 atom stereocenters. The van der Waals surface area contributed by atoms with Gasteiger partial charge in [0.25, 0.3) is 0 Å². The summed E-state index contributed by atoms with van der Waals surface area (Å²) in [5, 5.41) is 2.31. The van der Waals surface area contributed by atoms with E-state index in [-0.39, 0.29) is 6.04 Å². The normalized spacial score (nSPS) is 20.2. The summed E-state index contributed by atoms with van der Waals surface area (Å²) in [6.07, 6.45) is 1.64. The third kappa shape index (κ3) is 4.03. The fraction of sp³-hybridized carbons (Fsp3) is 0.444. The van der Waals surface area contributed by atoms with Crippen LogP contribution in [0, 0.1) is 0 Å². The lowest BCUT2D eigenvalue weighted by molar-refractivity contribution is 0.228. The van der Waals surface area contributed by atoms with Crippen molar-refractivity contribution in [2.45, 2.75) is 18.9 Å². The molecule has 3 rings (SSSR count). The average molecular weight is 333 g/mol. The predicted molar refractivity (Wildman–Crippen MR) is 93.7 cm³/mol. The van der Waals surface area contributed by atoms with Gasteiger partial charge in [0, 0.05) is 18.0 Å². The van der Waals surface area contributed by atoms with Crippen LogP contribution in [-0.4, -0.2) is 51.1 Å². The van der Waals surface area contributed by atoms with Crippen LogP contribution in [0.5, 0.6) is 5.75 Å². The minimum Gasteiger partial charge on any atom is -0.493 e. The molecule has 0 aromatic heterocycles. The van der Waals surface area contributed by atoms with Crippen LogP contribution in [0.25, 0.3) is 10.8 Å². The molecule has 0 spiro atoms. The van der Waals surface area contributed by atoms with Gasteiger partial charge in [-0.25, -0.2) is 8.42 Å². The third-order valence-electron chi connectivity index (χ3n) is 4.49. The highest BCUT2D eigenvalue weighted by atomic mass is 32.2. The molecule has 0 N–H and O–H groups in total. The minimum absolute atomic E-state index is 0.164. The molecule has 1 aliphatic heterocycles. The number of benzene rings is 2.